The maximum atomic E-state index is 13.1. The van der Waals surface area contributed by atoms with E-state index in [4.69, 9.17) is 0 Å². The largest absolute Gasteiger partial charge is 0.336 e. The summed E-state index contributed by atoms with van der Waals surface area (Å²) in [6.07, 6.45) is 6.99. The summed E-state index contributed by atoms with van der Waals surface area (Å²) in [5.41, 5.74) is 1.63. The Morgan fingerprint density at radius 3 is 2.32 bits per heavy atom. The molecule has 0 atom stereocenters. The van der Waals surface area contributed by atoms with Crippen molar-refractivity contribution in [2.24, 2.45) is 0 Å². The van der Waals surface area contributed by atoms with Gasteiger partial charge in [0.2, 0.25) is 0 Å². The summed E-state index contributed by atoms with van der Waals surface area (Å²) in [6, 6.07) is 5.62. The zero-order valence-electron chi connectivity index (χ0n) is 15.9. The van der Waals surface area contributed by atoms with Crippen molar-refractivity contribution in [1.82, 2.24) is 14.5 Å². The van der Waals surface area contributed by atoms with E-state index in [-0.39, 0.29) is 17.6 Å². The van der Waals surface area contributed by atoms with Crippen LogP contribution in [0.3, 0.4) is 0 Å². The number of imidazole rings is 1. The van der Waals surface area contributed by atoms with Crippen LogP contribution in [-0.2, 0) is 13.0 Å². The van der Waals surface area contributed by atoms with Gasteiger partial charge in [0.05, 0.1) is 5.69 Å². The zero-order chi connectivity index (χ0) is 19.5. The molecule has 1 fully saturated rings. The highest BCUT2D eigenvalue weighted by Gasteiger charge is 2.30. The van der Waals surface area contributed by atoms with Crippen molar-refractivity contribution in [1.29, 1.82) is 0 Å². The lowest BCUT2D eigenvalue weighted by Gasteiger charge is -2.22. The third kappa shape index (κ3) is 3.79. The number of amides is 2. The summed E-state index contributed by atoms with van der Waals surface area (Å²) in [4.78, 5) is 32.3. The first-order valence-electron chi connectivity index (χ1n) is 10.1. The van der Waals surface area contributed by atoms with E-state index in [0.717, 1.165) is 63.7 Å². The molecule has 0 radical (unpaired) electrons. The molecule has 0 saturated carbocycles. The van der Waals surface area contributed by atoms with Crippen molar-refractivity contribution in [3.8, 4) is 0 Å². The fourth-order valence-corrected chi connectivity index (χ4v) is 4.03. The van der Waals surface area contributed by atoms with Crippen LogP contribution in [0, 0.1) is 5.82 Å². The molecule has 1 aromatic carbocycles. The highest BCUT2D eigenvalue weighted by Crippen LogP contribution is 2.24. The predicted molar refractivity (Wildman–Crippen MR) is 104 cm³/mol. The summed E-state index contributed by atoms with van der Waals surface area (Å²) >= 11 is 0. The molecule has 2 aliphatic heterocycles. The van der Waals surface area contributed by atoms with Gasteiger partial charge in [-0.25, -0.2) is 9.37 Å². The van der Waals surface area contributed by atoms with Crippen molar-refractivity contribution in [3.05, 3.63) is 47.3 Å². The molecule has 1 saturated heterocycles. The number of carbonyl (C=O) groups excluding carboxylic acids is 2. The number of nitrogens with zero attached hydrogens (tertiary/aromatic N) is 3. The Balaban J connectivity index is 1.62. The van der Waals surface area contributed by atoms with Gasteiger partial charge in [0, 0.05) is 25.3 Å². The molecular weight excluding hydrogens is 359 g/mol. The van der Waals surface area contributed by atoms with Gasteiger partial charge in [-0.2, -0.15) is 0 Å². The van der Waals surface area contributed by atoms with Crippen LogP contribution in [-0.4, -0.2) is 39.4 Å². The van der Waals surface area contributed by atoms with Crippen LogP contribution in [0.1, 0.15) is 65.3 Å². The maximum Gasteiger partial charge on any atom is 0.289 e. The van der Waals surface area contributed by atoms with E-state index >= 15 is 0 Å². The Bertz CT molecular complexity index is 867. The number of nitrogens with one attached hydrogen (secondary N) is 1. The summed E-state index contributed by atoms with van der Waals surface area (Å²) in [7, 11) is 0. The number of halogens is 1. The standard InChI is InChI=1S/C21H25FN4O2/c22-15-8-10-16(11-9-15)23-20(27)18-17-7-3-6-14-26(17)19(24-18)21(28)25-12-4-1-2-5-13-25/h8-11H,1-7,12-14H2,(H,23,27). The van der Waals surface area contributed by atoms with Crippen LogP contribution < -0.4 is 5.32 Å². The Kier molecular flexibility index (Phi) is 5.41. The molecule has 148 valence electrons. The number of fused-ring (bicyclic) bond motifs is 1. The minimum absolute atomic E-state index is 0.0779. The topological polar surface area (TPSA) is 67.2 Å². The van der Waals surface area contributed by atoms with Crippen LogP contribution in [0.25, 0.3) is 0 Å². The average Bonchev–Trinajstić information content (AvgIpc) is 2.89. The molecule has 0 unspecified atom stereocenters. The first kappa shape index (κ1) is 18.7. The Morgan fingerprint density at radius 1 is 0.929 bits per heavy atom. The van der Waals surface area contributed by atoms with E-state index in [0.29, 0.717) is 23.8 Å². The molecular formula is C21H25FN4O2. The number of carbonyl (C=O) groups is 2. The monoisotopic (exact) mass is 384 g/mol. The minimum atomic E-state index is -0.359. The number of aromatic nitrogens is 2. The van der Waals surface area contributed by atoms with Crippen LogP contribution >= 0.6 is 0 Å². The second-order valence-corrected chi connectivity index (χ2v) is 7.51. The smallest absolute Gasteiger partial charge is 0.289 e. The summed E-state index contributed by atoms with van der Waals surface area (Å²) in [5, 5.41) is 2.77. The number of benzene rings is 1. The van der Waals surface area contributed by atoms with Gasteiger partial charge in [-0.3, -0.25) is 9.59 Å². The maximum absolute atomic E-state index is 13.1. The highest BCUT2D eigenvalue weighted by molar-refractivity contribution is 6.05. The van der Waals surface area contributed by atoms with Crippen molar-refractivity contribution in [2.75, 3.05) is 18.4 Å². The zero-order valence-corrected chi connectivity index (χ0v) is 15.9. The van der Waals surface area contributed by atoms with E-state index in [1.54, 1.807) is 0 Å². The molecule has 2 amide bonds. The van der Waals surface area contributed by atoms with Gasteiger partial charge < -0.3 is 14.8 Å². The number of hydrogen-bond donors (Lipinski definition) is 1. The Labute approximate surface area is 163 Å². The second kappa shape index (κ2) is 8.12. The number of rotatable bonds is 3. The second-order valence-electron chi connectivity index (χ2n) is 7.51. The van der Waals surface area contributed by atoms with E-state index in [2.05, 4.69) is 10.3 Å². The van der Waals surface area contributed by atoms with Crippen LogP contribution in [0.15, 0.2) is 24.3 Å². The molecule has 28 heavy (non-hydrogen) atoms. The van der Waals surface area contributed by atoms with E-state index < -0.39 is 0 Å². The van der Waals surface area contributed by atoms with Crippen LogP contribution in [0.5, 0.6) is 0 Å². The number of likely N-dealkylation sites (tertiary alicyclic amines) is 1. The SMILES string of the molecule is O=C(Nc1ccc(F)cc1)c1nc(C(=O)N2CCCCCC2)n2c1CCCC2. The fraction of sp³-hybridized carbons (Fsp3) is 0.476. The summed E-state index contributed by atoms with van der Waals surface area (Å²) in [5.74, 6) is -0.415. The minimum Gasteiger partial charge on any atom is -0.336 e. The third-order valence-corrected chi connectivity index (χ3v) is 5.52. The normalized spacial score (nSPS) is 17.0. The molecule has 2 aromatic rings. The average molecular weight is 384 g/mol. The molecule has 1 N–H and O–H groups in total. The summed E-state index contributed by atoms with van der Waals surface area (Å²) in [6.45, 7) is 2.21. The van der Waals surface area contributed by atoms with Gasteiger partial charge >= 0.3 is 0 Å². The van der Waals surface area contributed by atoms with Gasteiger partial charge in [0.15, 0.2) is 11.5 Å². The predicted octanol–water partition coefficient (Wildman–Crippen LogP) is 3.63. The van der Waals surface area contributed by atoms with E-state index in [9.17, 15) is 14.0 Å². The van der Waals surface area contributed by atoms with Crippen molar-refractivity contribution in [2.45, 2.75) is 51.5 Å². The van der Waals surface area contributed by atoms with Crippen LogP contribution in [0.4, 0.5) is 10.1 Å². The van der Waals surface area contributed by atoms with E-state index in [1.165, 1.54) is 24.3 Å². The molecule has 0 bridgehead atoms. The molecule has 6 nitrogen and oxygen atoms in total. The van der Waals surface area contributed by atoms with Gasteiger partial charge in [-0.15, -0.1) is 0 Å². The van der Waals surface area contributed by atoms with Crippen molar-refractivity contribution >= 4 is 17.5 Å². The molecule has 1 aromatic heterocycles. The quantitative estimate of drug-likeness (QED) is 0.879. The lowest BCUT2D eigenvalue weighted by Crippen LogP contribution is -2.34. The van der Waals surface area contributed by atoms with Gasteiger partial charge in [-0.1, -0.05) is 12.8 Å². The molecule has 0 spiro atoms. The lowest BCUT2D eigenvalue weighted by atomic mass is 10.1. The molecule has 3 heterocycles. The molecule has 2 aliphatic rings. The first-order valence-corrected chi connectivity index (χ1v) is 10.1. The highest BCUT2D eigenvalue weighted by atomic mass is 19.1. The number of hydrogen-bond acceptors (Lipinski definition) is 3. The number of anilines is 1. The lowest BCUT2D eigenvalue weighted by molar-refractivity contribution is 0.0743. The Morgan fingerprint density at radius 2 is 1.61 bits per heavy atom. The van der Waals surface area contributed by atoms with Crippen LogP contribution in [0.2, 0.25) is 0 Å². The third-order valence-electron chi connectivity index (χ3n) is 5.52. The van der Waals surface area contributed by atoms with Crippen molar-refractivity contribution < 1.29 is 14.0 Å². The van der Waals surface area contributed by atoms with E-state index in [1.807, 2.05) is 9.47 Å². The van der Waals surface area contributed by atoms with Gasteiger partial charge in [-0.05, 0) is 56.4 Å². The van der Waals surface area contributed by atoms with Gasteiger partial charge in [0.25, 0.3) is 11.8 Å². The Hall–Kier alpha value is -2.70. The van der Waals surface area contributed by atoms with Gasteiger partial charge in [0.1, 0.15) is 5.82 Å². The first-order chi connectivity index (χ1) is 13.6. The fourth-order valence-electron chi connectivity index (χ4n) is 4.03. The van der Waals surface area contributed by atoms with Crippen molar-refractivity contribution in [3.63, 3.8) is 0 Å². The molecule has 4 rings (SSSR count). The molecule has 7 heteroatoms. The molecule has 0 aliphatic carbocycles. The summed E-state index contributed by atoms with van der Waals surface area (Å²) < 4.78 is 15.0.